The SMILES string of the molecule is CC(C)COCC(O)CNc1ccccc1SC(F)F. The number of hydrogen-bond donors (Lipinski definition) is 2. The van der Waals surface area contributed by atoms with Crippen molar-refractivity contribution in [3.05, 3.63) is 24.3 Å². The monoisotopic (exact) mass is 305 g/mol. The van der Waals surface area contributed by atoms with Gasteiger partial charge in [0, 0.05) is 23.7 Å². The average molecular weight is 305 g/mol. The Morgan fingerprint density at radius 1 is 1.25 bits per heavy atom. The van der Waals surface area contributed by atoms with Crippen LogP contribution in [0, 0.1) is 5.92 Å². The second kappa shape index (κ2) is 9.15. The molecule has 1 aromatic carbocycles. The smallest absolute Gasteiger partial charge is 0.288 e. The van der Waals surface area contributed by atoms with E-state index in [1.165, 1.54) is 0 Å². The number of alkyl halides is 2. The summed E-state index contributed by atoms with van der Waals surface area (Å²) >= 11 is 0.490. The average Bonchev–Trinajstić information content (AvgIpc) is 2.36. The number of benzene rings is 1. The zero-order valence-corrected chi connectivity index (χ0v) is 12.5. The van der Waals surface area contributed by atoms with Crippen LogP contribution in [0.15, 0.2) is 29.2 Å². The Morgan fingerprint density at radius 2 is 1.95 bits per heavy atom. The van der Waals surface area contributed by atoms with Gasteiger partial charge >= 0.3 is 0 Å². The molecule has 0 aliphatic rings. The summed E-state index contributed by atoms with van der Waals surface area (Å²) in [7, 11) is 0. The van der Waals surface area contributed by atoms with Crippen molar-refractivity contribution in [3.8, 4) is 0 Å². The van der Waals surface area contributed by atoms with Crippen LogP contribution in [0.4, 0.5) is 14.5 Å². The normalized spacial score (nSPS) is 12.9. The summed E-state index contributed by atoms with van der Waals surface area (Å²) in [4.78, 5) is 0.470. The van der Waals surface area contributed by atoms with Crippen molar-refractivity contribution in [1.82, 2.24) is 0 Å². The number of para-hydroxylation sites is 1. The van der Waals surface area contributed by atoms with E-state index in [9.17, 15) is 13.9 Å². The van der Waals surface area contributed by atoms with Crippen molar-refractivity contribution < 1.29 is 18.6 Å². The van der Waals surface area contributed by atoms with Crippen LogP contribution in [-0.2, 0) is 4.74 Å². The van der Waals surface area contributed by atoms with E-state index in [0.29, 0.717) is 34.9 Å². The van der Waals surface area contributed by atoms with Gasteiger partial charge in [0.15, 0.2) is 0 Å². The third-order valence-corrected chi connectivity index (χ3v) is 3.18. The van der Waals surface area contributed by atoms with Crippen molar-refractivity contribution in [2.75, 3.05) is 25.1 Å². The Balaban J connectivity index is 2.40. The molecule has 6 heteroatoms. The van der Waals surface area contributed by atoms with Gasteiger partial charge in [-0.25, -0.2) is 0 Å². The zero-order chi connectivity index (χ0) is 15.0. The molecule has 0 spiro atoms. The van der Waals surface area contributed by atoms with Crippen LogP contribution in [0.3, 0.4) is 0 Å². The molecule has 3 nitrogen and oxygen atoms in total. The fourth-order valence-corrected chi connectivity index (χ4v) is 2.15. The van der Waals surface area contributed by atoms with E-state index in [1.54, 1.807) is 24.3 Å². The van der Waals surface area contributed by atoms with Gasteiger partial charge in [0.2, 0.25) is 0 Å². The van der Waals surface area contributed by atoms with Crippen LogP contribution in [-0.4, -0.2) is 36.7 Å². The molecule has 0 radical (unpaired) electrons. The quantitative estimate of drug-likeness (QED) is 0.686. The summed E-state index contributed by atoms with van der Waals surface area (Å²) in [5.74, 6) is -2.05. The lowest BCUT2D eigenvalue weighted by Gasteiger charge is -2.16. The van der Waals surface area contributed by atoms with Crippen LogP contribution in [0.25, 0.3) is 0 Å². The first-order valence-corrected chi connectivity index (χ1v) is 7.40. The van der Waals surface area contributed by atoms with Gasteiger partial charge in [-0.15, -0.1) is 0 Å². The minimum atomic E-state index is -2.46. The standard InChI is InChI=1S/C14H21F2NO2S/c1-10(2)8-19-9-11(18)7-17-12-5-3-4-6-13(12)20-14(15)16/h3-6,10-11,14,17-18H,7-9H2,1-2H3. The minimum absolute atomic E-state index is 0.231. The zero-order valence-electron chi connectivity index (χ0n) is 11.7. The number of hydrogen-bond acceptors (Lipinski definition) is 4. The first kappa shape index (κ1) is 17.2. The van der Waals surface area contributed by atoms with Crippen LogP contribution >= 0.6 is 11.8 Å². The molecule has 0 bridgehead atoms. The number of aliphatic hydroxyl groups excluding tert-OH is 1. The van der Waals surface area contributed by atoms with Gasteiger partial charge in [0.1, 0.15) is 0 Å². The van der Waals surface area contributed by atoms with Gasteiger partial charge in [-0.2, -0.15) is 8.78 Å². The maximum absolute atomic E-state index is 12.4. The number of nitrogens with one attached hydrogen (secondary N) is 1. The Labute approximate surface area is 122 Å². The van der Waals surface area contributed by atoms with Crippen LogP contribution in [0.1, 0.15) is 13.8 Å². The van der Waals surface area contributed by atoms with E-state index in [-0.39, 0.29) is 13.2 Å². The topological polar surface area (TPSA) is 41.5 Å². The molecule has 1 aromatic rings. The molecule has 2 N–H and O–H groups in total. The van der Waals surface area contributed by atoms with E-state index in [4.69, 9.17) is 4.74 Å². The fraction of sp³-hybridized carbons (Fsp3) is 0.571. The maximum Gasteiger partial charge on any atom is 0.288 e. The molecule has 0 amide bonds. The molecule has 1 rings (SSSR count). The summed E-state index contributed by atoms with van der Waals surface area (Å²) in [5.41, 5.74) is 0.598. The lowest BCUT2D eigenvalue weighted by Crippen LogP contribution is -2.25. The number of anilines is 1. The molecule has 0 heterocycles. The highest BCUT2D eigenvalue weighted by Gasteiger charge is 2.11. The number of halogens is 2. The lowest BCUT2D eigenvalue weighted by atomic mass is 10.2. The van der Waals surface area contributed by atoms with Gasteiger partial charge in [-0.3, -0.25) is 0 Å². The molecular weight excluding hydrogens is 284 g/mol. The molecule has 0 aliphatic heterocycles. The number of thioether (sulfide) groups is 1. The van der Waals surface area contributed by atoms with E-state index in [2.05, 4.69) is 5.32 Å². The predicted octanol–water partition coefficient (Wildman–Crippen LogP) is 3.45. The summed E-state index contributed by atoms with van der Waals surface area (Å²) in [6.07, 6.45) is -0.668. The van der Waals surface area contributed by atoms with Gasteiger partial charge in [0.25, 0.3) is 5.76 Å². The molecule has 0 aromatic heterocycles. The maximum atomic E-state index is 12.4. The predicted molar refractivity (Wildman–Crippen MR) is 78.5 cm³/mol. The van der Waals surface area contributed by atoms with Gasteiger partial charge < -0.3 is 15.2 Å². The summed E-state index contributed by atoms with van der Waals surface area (Å²) in [6.45, 7) is 5.15. The molecule has 0 saturated carbocycles. The molecular formula is C14H21F2NO2S. The van der Waals surface area contributed by atoms with Gasteiger partial charge in [-0.1, -0.05) is 37.7 Å². The van der Waals surface area contributed by atoms with E-state index in [1.807, 2.05) is 13.8 Å². The summed E-state index contributed by atoms with van der Waals surface area (Å²) < 4.78 is 30.1. The minimum Gasteiger partial charge on any atom is -0.389 e. The summed E-state index contributed by atoms with van der Waals surface area (Å²) in [6, 6.07) is 6.81. The molecule has 114 valence electrons. The Bertz CT molecular complexity index is 391. The van der Waals surface area contributed by atoms with Crippen LogP contribution in [0.5, 0.6) is 0 Å². The third-order valence-electron chi connectivity index (χ3n) is 2.39. The van der Waals surface area contributed by atoms with Crippen molar-refractivity contribution in [2.45, 2.75) is 30.6 Å². The second-order valence-corrected chi connectivity index (χ2v) is 5.87. The Kier molecular flexibility index (Phi) is 7.87. The highest BCUT2D eigenvalue weighted by molar-refractivity contribution is 7.99. The third kappa shape index (κ3) is 7.07. The number of aliphatic hydroxyl groups is 1. The van der Waals surface area contributed by atoms with Gasteiger partial charge in [-0.05, 0) is 18.1 Å². The highest BCUT2D eigenvalue weighted by Crippen LogP contribution is 2.31. The van der Waals surface area contributed by atoms with Gasteiger partial charge in [0.05, 0.1) is 12.7 Å². The Hall–Kier alpha value is -0.850. The molecule has 0 fully saturated rings. The molecule has 20 heavy (non-hydrogen) atoms. The van der Waals surface area contributed by atoms with E-state index >= 15 is 0 Å². The Morgan fingerprint density at radius 3 is 2.60 bits per heavy atom. The van der Waals surface area contributed by atoms with Crippen molar-refractivity contribution >= 4 is 17.4 Å². The number of ether oxygens (including phenoxy) is 1. The van der Waals surface area contributed by atoms with Crippen LogP contribution < -0.4 is 5.32 Å². The molecule has 0 saturated heterocycles. The lowest BCUT2D eigenvalue weighted by molar-refractivity contribution is 0.0317. The molecule has 0 aliphatic carbocycles. The largest absolute Gasteiger partial charge is 0.389 e. The highest BCUT2D eigenvalue weighted by atomic mass is 32.2. The van der Waals surface area contributed by atoms with Crippen molar-refractivity contribution in [3.63, 3.8) is 0 Å². The first-order valence-electron chi connectivity index (χ1n) is 6.52. The van der Waals surface area contributed by atoms with Crippen molar-refractivity contribution in [2.24, 2.45) is 5.92 Å². The van der Waals surface area contributed by atoms with Crippen molar-refractivity contribution in [1.29, 1.82) is 0 Å². The molecule has 1 atom stereocenters. The fourth-order valence-electron chi connectivity index (χ4n) is 1.54. The molecule has 1 unspecified atom stereocenters. The van der Waals surface area contributed by atoms with E-state index < -0.39 is 11.9 Å². The summed E-state index contributed by atoms with van der Waals surface area (Å²) in [5, 5.41) is 12.7. The first-order chi connectivity index (χ1) is 9.49. The van der Waals surface area contributed by atoms with Crippen LogP contribution in [0.2, 0.25) is 0 Å². The second-order valence-electron chi connectivity index (χ2n) is 4.84. The van der Waals surface area contributed by atoms with E-state index in [0.717, 1.165) is 0 Å². The number of rotatable bonds is 9.